The standard InChI is InChI=1S/C11H23NO3/c1-2-8-15-9-6-10(11(13)14)5-3-4-7-12/h10H,2-9,12H2,1H3,(H,13,14). The molecule has 0 aliphatic carbocycles. The van der Waals surface area contributed by atoms with Gasteiger partial charge < -0.3 is 15.6 Å². The summed E-state index contributed by atoms with van der Waals surface area (Å²) in [6.07, 6.45) is 4.09. The lowest BCUT2D eigenvalue weighted by molar-refractivity contribution is -0.142. The number of nitrogens with two attached hydrogens (primary N) is 1. The molecule has 1 unspecified atom stereocenters. The lowest BCUT2D eigenvalue weighted by Crippen LogP contribution is -2.16. The van der Waals surface area contributed by atoms with Gasteiger partial charge in [-0.1, -0.05) is 13.3 Å². The summed E-state index contributed by atoms with van der Waals surface area (Å²) in [6, 6.07) is 0. The number of carboxylic acid groups (broad SMARTS) is 1. The summed E-state index contributed by atoms with van der Waals surface area (Å²) in [5.74, 6) is -0.986. The van der Waals surface area contributed by atoms with Crippen LogP contribution in [0.5, 0.6) is 0 Å². The first-order chi connectivity index (χ1) is 7.22. The molecule has 90 valence electrons. The SMILES string of the molecule is CCCOCCC(CCCCN)C(=O)O. The van der Waals surface area contributed by atoms with Gasteiger partial charge in [0.25, 0.3) is 0 Å². The maximum absolute atomic E-state index is 10.9. The number of rotatable bonds is 10. The fraction of sp³-hybridized carbons (Fsp3) is 0.909. The summed E-state index contributed by atoms with van der Waals surface area (Å²) >= 11 is 0. The molecular weight excluding hydrogens is 194 g/mol. The molecule has 0 spiro atoms. The van der Waals surface area contributed by atoms with Crippen LogP contribution in [-0.4, -0.2) is 30.8 Å². The topological polar surface area (TPSA) is 72.5 Å². The molecule has 0 fully saturated rings. The average molecular weight is 217 g/mol. The van der Waals surface area contributed by atoms with Gasteiger partial charge in [0.2, 0.25) is 0 Å². The number of carboxylic acids is 1. The van der Waals surface area contributed by atoms with Gasteiger partial charge in [-0.15, -0.1) is 0 Å². The second-order valence-corrected chi connectivity index (χ2v) is 3.72. The fourth-order valence-corrected chi connectivity index (χ4v) is 1.40. The predicted octanol–water partition coefficient (Wildman–Crippen LogP) is 1.63. The van der Waals surface area contributed by atoms with Crippen molar-refractivity contribution in [3.8, 4) is 0 Å². The molecule has 0 heterocycles. The van der Waals surface area contributed by atoms with Gasteiger partial charge in [-0.25, -0.2) is 0 Å². The molecule has 0 aromatic heterocycles. The molecule has 0 aromatic rings. The maximum Gasteiger partial charge on any atom is 0.306 e. The number of hydrogen-bond acceptors (Lipinski definition) is 3. The third-order valence-corrected chi connectivity index (χ3v) is 2.32. The average Bonchev–Trinajstić information content (AvgIpc) is 2.21. The predicted molar refractivity (Wildman–Crippen MR) is 59.8 cm³/mol. The van der Waals surface area contributed by atoms with Gasteiger partial charge in [-0.2, -0.15) is 0 Å². The molecule has 0 aliphatic rings. The first kappa shape index (κ1) is 14.4. The number of unbranched alkanes of at least 4 members (excludes halogenated alkanes) is 1. The summed E-state index contributed by atoms with van der Waals surface area (Å²) in [5, 5.41) is 8.94. The molecule has 1 atom stereocenters. The number of ether oxygens (including phenoxy) is 1. The van der Waals surface area contributed by atoms with Crippen LogP contribution in [0.25, 0.3) is 0 Å². The third-order valence-electron chi connectivity index (χ3n) is 2.32. The van der Waals surface area contributed by atoms with Crippen molar-refractivity contribution in [3.63, 3.8) is 0 Å². The maximum atomic E-state index is 10.9. The Labute approximate surface area is 91.8 Å². The molecule has 0 amide bonds. The Hall–Kier alpha value is -0.610. The molecule has 0 aromatic carbocycles. The molecule has 4 nitrogen and oxygen atoms in total. The zero-order valence-corrected chi connectivity index (χ0v) is 9.58. The van der Waals surface area contributed by atoms with E-state index in [2.05, 4.69) is 0 Å². The molecule has 0 radical (unpaired) electrons. The first-order valence-electron chi connectivity index (χ1n) is 5.73. The third kappa shape index (κ3) is 8.39. The van der Waals surface area contributed by atoms with E-state index in [0.717, 1.165) is 25.9 Å². The van der Waals surface area contributed by atoms with Gasteiger partial charge in [0.1, 0.15) is 0 Å². The number of carbonyl (C=O) groups is 1. The Balaban J connectivity index is 3.59. The highest BCUT2D eigenvalue weighted by Crippen LogP contribution is 2.13. The second kappa shape index (κ2) is 9.93. The van der Waals surface area contributed by atoms with Crippen LogP contribution < -0.4 is 5.73 Å². The van der Waals surface area contributed by atoms with Crippen LogP contribution in [0.15, 0.2) is 0 Å². The monoisotopic (exact) mass is 217 g/mol. The van der Waals surface area contributed by atoms with Crippen molar-refractivity contribution in [3.05, 3.63) is 0 Å². The van der Waals surface area contributed by atoms with Crippen LogP contribution in [0.4, 0.5) is 0 Å². The minimum absolute atomic E-state index is 0.270. The van der Waals surface area contributed by atoms with Crippen molar-refractivity contribution in [1.29, 1.82) is 0 Å². The van der Waals surface area contributed by atoms with Crippen molar-refractivity contribution < 1.29 is 14.6 Å². The van der Waals surface area contributed by atoms with Gasteiger partial charge in [0.15, 0.2) is 0 Å². The van der Waals surface area contributed by atoms with E-state index in [1.807, 2.05) is 6.92 Å². The van der Waals surface area contributed by atoms with Crippen LogP contribution in [-0.2, 0) is 9.53 Å². The van der Waals surface area contributed by atoms with E-state index in [-0.39, 0.29) is 5.92 Å². The van der Waals surface area contributed by atoms with Crippen LogP contribution in [0.3, 0.4) is 0 Å². The van der Waals surface area contributed by atoms with E-state index in [9.17, 15) is 4.79 Å². The first-order valence-corrected chi connectivity index (χ1v) is 5.73. The van der Waals surface area contributed by atoms with Gasteiger partial charge in [0.05, 0.1) is 5.92 Å². The van der Waals surface area contributed by atoms with E-state index in [1.54, 1.807) is 0 Å². The van der Waals surface area contributed by atoms with Crippen molar-refractivity contribution in [1.82, 2.24) is 0 Å². The lowest BCUT2D eigenvalue weighted by atomic mass is 9.99. The van der Waals surface area contributed by atoms with Gasteiger partial charge >= 0.3 is 5.97 Å². The van der Waals surface area contributed by atoms with E-state index in [0.29, 0.717) is 26.0 Å². The Morgan fingerprint density at radius 2 is 2.07 bits per heavy atom. The normalized spacial score (nSPS) is 12.7. The number of hydrogen-bond donors (Lipinski definition) is 2. The highest BCUT2D eigenvalue weighted by atomic mass is 16.5. The smallest absolute Gasteiger partial charge is 0.306 e. The summed E-state index contributed by atoms with van der Waals surface area (Å²) in [4.78, 5) is 10.9. The number of aliphatic carboxylic acids is 1. The molecule has 3 N–H and O–H groups in total. The van der Waals surface area contributed by atoms with Gasteiger partial charge in [-0.05, 0) is 32.2 Å². The molecule has 15 heavy (non-hydrogen) atoms. The van der Waals surface area contributed by atoms with Gasteiger partial charge in [0, 0.05) is 13.2 Å². The largest absolute Gasteiger partial charge is 0.481 e. The van der Waals surface area contributed by atoms with Crippen molar-refractivity contribution in [2.24, 2.45) is 11.7 Å². The second-order valence-electron chi connectivity index (χ2n) is 3.72. The highest BCUT2D eigenvalue weighted by Gasteiger charge is 2.16. The summed E-state index contributed by atoms with van der Waals surface area (Å²) in [5.41, 5.74) is 5.36. The van der Waals surface area contributed by atoms with E-state index < -0.39 is 5.97 Å². The van der Waals surface area contributed by atoms with E-state index in [1.165, 1.54) is 0 Å². The van der Waals surface area contributed by atoms with E-state index >= 15 is 0 Å². The Morgan fingerprint density at radius 1 is 1.33 bits per heavy atom. The summed E-state index contributed by atoms with van der Waals surface area (Å²) in [6.45, 7) is 3.94. The molecule has 0 aliphatic heterocycles. The zero-order valence-electron chi connectivity index (χ0n) is 9.58. The molecule has 0 rings (SSSR count). The molecule has 4 heteroatoms. The molecule has 0 bridgehead atoms. The van der Waals surface area contributed by atoms with E-state index in [4.69, 9.17) is 15.6 Å². The Bertz CT molecular complexity index is 162. The van der Waals surface area contributed by atoms with Crippen LogP contribution in [0, 0.1) is 5.92 Å². The fourth-order valence-electron chi connectivity index (χ4n) is 1.40. The summed E-state index contributed by atoms with van der Waals surface area (Å²) < 4.78 is 5.28. The quantitative estimate of drug-likeness (QED) is 0.545. The molecule has 0 saturated heterocycles. The lowest BCUT2D eigenvalue weighted by Gasteiger charge is -2.11. The molecular formula is C11H23NO3. The van der Waals surface area contributed by atoms with Crippen LogP contribution in [0.2, 0.25) is 0 Å². The Kier molecular flexibility index (Phi) is 9.52. The zero-order chi connectivity index (χ0) is 11.5. The van der Waals surface area contributed by atoms with Crippen molar-refractivity contribution in [2.45, 2.75) is 39.0 Å². The minimum Gasteiger partial charge on any atom is -0.481 e. The highest BCUT2D eigenvalue weighted by molar-refractivity contribution is 5.69. The minimum atomic E-state index is -0.716. The van der Waals surface area contributed by atoms with Crippen LogP contribution >= 0.6 is 0 Å². The van der Waals surface area contributed by atoms with Crippen LogP contribution in [0.1, 0.15) is 39.0 Å². The summed E-state index contributed by atoms with van der Waals surface area (Å²) in [7, 11) is 0. The molecule has 0 saturated carbocycles. The van der Waals surface area contributed by atoms with Crippen molar-refractivity contribution >= 4 is 5.97 Å². The Morgan fingerprint density at radius 3 is 2.60 bits per heavy atom. The van der Waals surface area contributed by atoms with Crippen molar-refractivity contribution in [2.75, 3.05) is 19.8 Å². The van der Waals surface area contributed by atoms with Gasteiger partial charge in [-0.3, -0.25) is 4.79 Å².